The topological polar surface area (TPSA) is 41.2 Å². The van der Waals surface area contributed by atoms with E-state index in [1.807, 2.05) is 37.3 Å². The van der Waals surface area contributed by atoms with Crippen molar-refractivity contribution in [3.05, 3.63) is 49.3 Å². The van der Waals surface area contributed by atoms with E-state index in [1.165, 1.54) is 0 Å². The molecule has 0 amide bonds. The van der Waals surface area contributed by atoms with E-state index in [1.54, 1.807) is 0 Å². The van der Waals surface area contributed by atoms with E-state index in [0.29, 0.717) is 6.61 Å². The molecule has 1 aromatic carbocycles. The van der Waals surface area contributed by atoms with Gasteiger partial charge in [-0.05, 0) is 19.1 Å². The van der Waals surface area contributed by atoms with Crippen LogP contribution in [0, 0.1) is 0 Å². The Labute approximate surface area is 119 Å². The van der Waals surface area contributed by atoms with Crippen LogP contribution in [0.1, 0.15) is 12.7 Å². The standard InChI is InChI=1S/C16H21N3O/c1-4-9-19(10-5-2)12-16-17-14-8-7-13(20-6-3)11-15(14)18-16/h4-5,7-8,11H,1-2,6,9-10,12H2,3H3,(H,17,18). The smallest absolute Gasteiger partial charge is 0.121 e. The van der Waals surface area contributed by atoms with E-state index in [2.05, 4.69) is 28.0 Å². The molecule has 0 unspecified atom stereocenters. The molecule has 0 spiro atoms. The molecule has 0 fully saturated rings. The maximum Gasteiger partial charge on any atom is 0.121 e. The van der Waals surface area contributed by atoms with Gasteiger partial charge in [-0.15, -0.1) is 13.2 Å². The highest BCUT2D eigenvalue weighted by atomic mass is 16.5. The quantitative estimate of drug-likeness (QED) is 0.750. The van der Waals surface area contributed by atoms with Crippen LogP contribution in [0.25, 0.3) is 11.0 Å². The summed E-state index contributed by atoms with van der Waals surface area (Å²) in [6.07, 6.45) is 3.78. The van der Waals surface area contributed by atoms with Crippen molar-refractivity contribution in [2.45, 2.75) is 13.5 Å². The molecule has 0 bridgehead atoms. The number of aromatic amines is 1. The van der Waals surface area contributed by atoms with Gasteiger partial charge in [-0.2, -0.15) is 0 Å². The number of nitrogens with zero attached hydrogens (tertiary/aromatic N) is 2. The monoisotopic (exact) mass is 271 g/mol. The highest BCUT2D eigenvalue weighted by Gasteiger charge is 2.08. The van der Waals surface area contributed by atoms with Gasteiger partial charge < -0.3 is 9.72 Å². The number of rotatable bonds is 8. The van der Waals surface area contributed by atoms with Crippen molar-refractivity contribution in [3.8, 4) is 5.75 Å². The molecule has 0 saturated carbocycles. The summed E-state index contributed by atoms with van der Waals surface area (Å²) in [7, 11) is 0. The molecule has 4 nitrogen and oxygen atoms in total. The predicted molar refractivity (Wildman–Crippen MR) is 82.9 cm³/mol. The number of H-pyrrole nitrogens is 1. The molecule has 0 saturated heterocycles. The summed E-state index contributed by atoms with van der Waals surface area (Å²) in [6, 6.07) is 5.91. The third-order valence-corrected chi connectivity index (χ3v) is 2.96. The van der Waals surface area contributed by atoms with Crippen molar-refractivity contribution in [2.24, 2.45) is 0 Å². The average molecular weight is 271 g/mol. The van der Waals surface area contributed by atoms with Crippen LogP contribution < -0.4 is 4.74 Å². The van der Waals surface area contributed by atoms with Crippen molar-refractivity contribution >= 4 is 11.0 Å². The minimum atomic E-state index is 0.666. The zero-order valence-electron chi connectivity index (χ0n) is 11.9. The number of ether oxygens (including phenoxy) is 1. The van der Waals surface area contributed by atoms with Crippen LogP contribution in [-0.2, 0) is 6.54 Å². The lowest BCUT2D eigenvalue weighted by molar-refractivity contribution is 0.320. The van der Waals surface area contributed by atoms with E-state index < -0.39 is 0 Å². The SMILES string of the molecule is C=CCN(CC=C)Cc1nc2ccc(OCC)cc2[nH]1. The van der Waals surface area contributed by atoms with E-state index in [0.717, 1.165) is 42.2 Å². The second-order valence-electron chi connectivity index (χ2n) is 4.57. The first-order valence-corrected chi connectivity index (χ1v) is 6.82. The molecular formula is C16H21N3O. The van der Waals surface area contributed by atoms with Gasteiger partial charge in [0.15, 0.2) is 0 Å². The fourth-order valence-electron chi connectivity index (χ4n) is 2.15. The lowest BCUT2D eigenvalue weighted by Crippen LogP contribution is -2.23. The molecule has 2 rings (SSSR count). The van der Waals surface area contributed by atoms with Gasteiger partial charge in [0.1, 0.15) is 11.6 Å². The van der Waals surface area contributed by atoms with Crippen LogP contribution in [0.3, 0.4) is 0 Å². The average Bonchev–Trinajstić information content (AvgIpc) is 2.81. The minimum absolute atomic E-state index is 0.666. The van der Waals surface area contributed by atoms with Gasteiger partial charge in [0.2, 0.25) is 0 Å². The molecule has 1 aromatic heterocycles. The Morgan fingerprint density at radius 3 is 2.70 bits per heavy atom. The third-order valence-electron chi connectivity index (χ3n) is 2.96. The Hall–Kier alpha value is -2.07. The molecule has 0 aliphatic rings. The maximum atomic E-state index is 5.50. The van der Waals surface area contributed by atoms with Crippen LogP contribution in [0.15, 0.2) is 43.5 Å². The predicted octanol–water partition coefficient (Wildman–Crippen LogP) is 3.14. The van der Waals surface area contributed by atoms with Crippen molar-refractivity contribution in [3.63, 3.8) is 0 Å². The summed E-state index contributed by atoms with van der Waals surface area (Å²) in [5.41, 5.74) is 1.96. The molecular weight excluding hydrogens is 250 g/mol. The first-order chi connectivity index (χ1) is 9.76. The second kappa shape index (κ2) is 6.91. The van der Waals surface area contributed by atoms with Crippen molar-refractivity contribution in [2.75, 3.05) is 19.7 Å². The number of nitrogens with one attached hydrogen (secondary N) is 1. The third kappa shape index (κ3) is 3.48. The number of aromatic nitrogens is 2. The van der Waals surface area contributed by atoms with E-state index >= 15 is 0 Å². The van der Waals surface area contributed by atoms with E-state index in [-0.39, 0.29) is 0 Å². The van der Waals surface area contributed by atoms with Crippen molar-refractivity contribution in [1.82, 2.24) is 14.9 Å². The molecule has 1 N–H and O–H groups in total. The van der Waals surface area contributed by atoms with Gasteiger partial charge in [0, 0.05) is 19.2 Å². The van der Waals surface area contributed by atoms with Crippen LogP contribution in [0.4, 0.5) is 0 Å². The minimum Gasteiger partial charge on any atom is -0.494 e. The molecule has 20 heavy (non-hydrogen) atoms. The molecule has 0 radical (unpaired) electrons. The molecule has 0 aliphatic carbocycles. The zero-order valence-corrected chi connectivity index (χ0v) is 11.9. The number of imidazole rings is 1. The lowest BCUT2D eigenvalue weighted by Gasteiger charge is -2.16. The van der Waals surface area contributed by atoms with Gasteiger partial charge in [0.05, 0.1) is 24.2 Å². The fourth-order valence-corrected chi connectivity index (χ4v) is 2.15. The summed E-state index contributed by atoms with van der Waals surface area (Å²) in [4.78, 5) is 10.1. The van der Waals surface area contributed by atoms with Gasteiger partial charge >= 0.3 is 0 Å². The second-order valence-corrected chi connectivity index (χ2v) is 4.57. The Balaban J connectivity index is 2.17. The summed E-state index contributed by atoms with van der Waals surface area (Å²) in [5.74, 6) is 1.81. The summed E-state index contributed by atoms with van der Waals surface area (Å²) >= 11 is 0. The number of fused-ring (bicyclic) bond motifs is 1. The normalized spacial score (nSPS) is 10.9. The highest BCUT2D eigenvalue weighted by molar-refractivity contribution is 5.76. The molecule has 0 atom stereocenters. The molecule has 0 aliphatic heterocycles. The lowest BCUT2D eigenvalue weighted by atomic mass is 10.3. The van der Waals surface area contributed by atoms with Gasteiger partial charge in [0.25, 0.3) is 0 Å². The summed E-state index contributed by atoms with van der Waals surface area (Å²) in [5, 5.41) is 0. The van der Waals surface area contributed by atoms with E-state index in [9.17, 15) is 0 Å². The maximum absolute atomic E-state index is 5.50. The van der Waals surface area contributed by atoms with Crippen molar-refractivity contribution in [1.29, 1.82) is 0 Å². The highest BCUT2D eigenvalue weighted by Crippen LogP contribution is 2.19. The van der Waals surface area contributed by atoms with Gasteiger partial charge in [-0.25, -0.2) is 4.98 Å². The van der Waals surface area contributed by atoms with Gasteiger partial charge in [-0.3, -0.25) is 4.90 Å². The number of hydrogen-bond donors (Lipinski definition) is 1. The fraction of sp³-hybridized carbons (Fsp3) is 0.312. The van der Waals surface area contributed by atoms with Gasteiger partial charge in [-0.1, -0.05) is 12.2 Å². The Bertz CT molecular complexity index is 578. The summed E-state index contributed by atoms with van der Waals surface area (Å²) in [6.45, 7) is 12.6. The molecule has 1 heterocycles. The number of benzene rings is 1. The van der Waals surface area contributed by atoms with Crippen LogP contribution >= 0.6 is 0 Å². The number of hydrogen-bond acceptors (Lipinski definition) is 3. The zero-order chi connectivity index (χ0) is 14.4. The van der Waals surface area contributed by atoms with Crippen LogP contribution in [0.2, 0.25) is 0 Å². The van der Waals surface area contributed by atoms with E-state index in [4.69, 9.17) is 4.74 Å². The summed E-state index contributed by atoms with van der Waals surface area (Å²) < 4.78 is 5.50. The molecule has 106 valence electrons. The Morgan fingerprint density at radius 1 is 1.30 bits per heavy atom. The Kier molecular flexibility index (Phi) is 4.96. The first kappa shape index (κ1) is 14.3. The largest absolute Gasteiger partial charge is 0.494 e. The Morgan fingerprint density at radius 2 is 2.05 bits per heavy atom. The van der Waals surface area contributed by atoms with Crippen LogP contribution in [-0.4, -0.2) is 34.6 Å². The first-order valence-electron chi connectivity index (χ1n) is 6.82. The van der Waals surface area contributed by atoms with Crippen molar-refractivity contribution < 1.29 is 4.74 Å². The van der Waals surface area contributed by atoms with Crippen LogP contribution in [0.5, 0.6) is 5.75 Å². The molecule has 2 aromatic rings. The molecule has 4 heteroatoms.